The quantitative estimate of drug-likeness (QED) is 0.760. The minimum atomic E-state index is -0.484. The fourth-order valence-electron chi connectivity index (χ4n) is 2.70. The van der Waals surface area contributed by atoms with Crippen LogP contribution in [0, 0.1) is 0 Å². The van der Waals surface area contributed by atoms with Crippen LogP contribution in [0.5, 0.6) is 5.75 Å². The van der Waals surface area contributed by atoms with Crippen molar-refractivity contribution in [1.29, 1.82) is 0 Å². The molecule has 1 aromatic heterocycles. The molecule has 2 aromatic rings. The average molecular weight is 393 g/mol. The lowest BCUT2D eigenvalue weighted by Crippen LogP contribution is -2.36. The first-order chi connectivity index (χ1) is 11.3. The normalized spacial score (nSPS) is 18.0. The maximum atomic E-state index is 12.1. The van der Waals surface area contributed by atoms with Crippen LogP contribution in [0.4, 0.5) is 4.79 Å². The maximum Gasteiger partial charge on any atom is 0.410 e. The number of rotatable bonds is 2. The second-order valence-corrected chi connectivity index (χ2v) is 7.87. The van der Waals surface area contributed by atoms with Gasteiger partial charge in [-0.15, -0.1) is 0 Å². The lowest BCUT2D eigenvalue weighted by molar-refractivity contribution is 0.0276. The number of hydrogen-bond donors (Lipinski definition) is 0. The van der Waals surface area contributed by atoms with Crippen molar-refractivity contribution in [3.05, 3.63) is 35.1 Å². The third-order valence-corrected chi connectivity index (χ3v) is 4.27. The van der Waals surface area contributed by atoms with Gasteiger partial charge in [-0.1, -0.05) is 22.0 Å². The second kappa shape index (κ2) is 6.59. The summed E-state index contributed by atoms with van der Waals surface area (Å²) in [6, 6.07) is 6.00. The first-order valence-electron chi connectivity index (χ1n) is 8.00. The number of ether oxygens (including phenoxy) is 2. The van der Waals surface area contributed by atoms with Crippen molar-refractivity contribution in [2.45, 2.75) is 38.9 Å². The van der Waals surface area contributed by atoms with Crippen molar-refractivity contribution in [3.8, 4) is 5.75 Å². The summed E-state index contributed by atoms with van der Waals surface area (Å²) in [4.78, 5) is 18.1. The number of nitrogens with zero attached hydrogens (tertiary/aromatic N) is 2. The van der Waals surface area contributed by atoms with E-state index in [1.807, 2.05) is 45.2 Å². The largest absolute Gasteiger partial charge is 0.486 e. The van der Waals surface area contributed by atoms with Gasteiger partial charge in [0.1, 0.15) is 17.5 Å². The zero-order valence-electron chi connectivity index (χ0n) is 14.1. The van der Waals surface area contributed by atoms with Gasteiger partial charge in [0.25, 0.3) is 0 Å². The van der Waals surface area contributed by atoms with Crippen molar-refractivity contribution in [2.75, 3.05) is 13.1 Å². The van der Waals surface area contributed by atoms with Crippen molar-refractivity contribution in [1.82, 2.24) is 9.88 Å². The smallest absolute Gasteiger partial charge is 0.410 e. The van der Waals surface area contributed by atoms with Gasteiger partial charge >= 0.3 is 6.09 Å². The van der Waals surface area contributed by atoms with E-state index in [-0.39, 0.29) is 12.2 Å². The highest BCUT2D eigenvalue weighted by molar-refractivity contribution is 9.10. The number of benzene rings is 1. The molecule has 1 amide bonds. The number of hydrogen-bond acceptors (Lipinski definition) is 4. The first-order valence-corrected chi connectivity index (χ1v) is 8.79. The first kappa shape index (κ1) is 17.0. The monoisotopic (exact) mass is 392 g/mol. The van der Waals surface area contributed by atoms with Gasteiger partial charge in [0.05, 0.1) is 12.7 Å². The Morgan fingerprint density at radius 3 is 2.88 bits per heavy atom. The highest BCUT2D eigenvalue weighted by atomic mass is 79.9. The van der Waals surface area contributed by atoms with Crippen LogP contribution in [0.2, 0.25) is 0 Å². The van der Waals surface area contributed by atoms with Gasteiger partial charge in [0.15, 0.2) is 0 Å². The summed E-state index contributed by atoms with van der Waals surface area (Å²) in [6.45, 7) is 6.78. The molecule has 0 N–H and O–H groups in total. The number of fused-ring (bicyclic) bond motifs is 1. The standard InChI is InChI=1S/C18H21BrN2O3/c1-18(2,3)24-17(22)21-7-6-14(11-21)23-16-10-20-9-12-4-5-13(19)8-15(12)16/h4-5,8-10,14H,6-7,11H2,1-3H3. The van der Waals surface area contributed by atoms with E-state index in [1.54, 1.807) is 11.1 Å². The van der Waals surface area contributed by atoms with E-state index in [0.29, 0.717) is 13.1 Å². The van der Waals surface area contributed by atoms with E-state index in [0.717, 1.165) is 27.4 Å². The number of aromatic nitrogens is 1. The molecule has 1 aliphatic heterocycles. The summed E-state index contributed by atoms with van der Waals surface area (Å²) in [5.74, 6) is 0.741. The van der Waals surface area contributed by atoms with Crippen molar-refractivity contribution in [3.63, 3.8) is 0 Å². The molecule has 6 heteroatoms. The molecule has 0 bridgehead atoms. The summed E-state index contributed by atoms with van der Waals surface area (Å²) in [6.07, 6.45) is 3.99. The van der Waals surface area contributed by atoms with Crippen LogP contribution in [0.3, 0.4) is 0 Å². The van der Waals surface area contributed by atoms with E-state index < -0.39 is 5.60 Å². The fraction of sp³-hybridized carbons (Fsp3) is 0.444. The van der Waals surface area contributed by atoms with E-state index in [9.17, 15) is 4.79 Å². The Kier molecular flexibility index (Phi) is 4.67. The van der Waals surface area contributed by atoms with Gasteiger partial charge in [0, 0.05) is 34.4 Å². The summed E-state index contributed by atoms with van der Waals surface area (Å²) < 4.78 is 12.5. The lowest BCUT2D eigenvalue weighted by Gasteiger charge is -2.24. The zero-order chi connectivity index (χ0) is 17.3. The van der Waals surface area contributed by atoms with E-state index in [2.05, 4.69) is 20.9 Å². The molecule has 0 radical (unpaired) electrons. The zero-order valence-corrected chi connectivity index (χ0v) is 15.7. The second-order valence-electron chi connectivity index (χ2n) is 6.96. The summed E-state index contributed by atoms with van der Waals surface area (Å²) in [5, 5.41) is 2.03. The molecule has 2 heterocycles. The van der Waals surface area contributed by atoms with Crippen LogP contribution in [-0.4, -0.2) is 40.8 Å². The molecule has 0 spiro atoms. The molecule has 0 aliphatic carbocycles. The molecular formula is C18H21BrN2O3. The minimum Gasteiger partial charge on any atom is -0.486 e. The highest BCUT2D eigenvalue weighted by Gasteiger charge is 2.31. The molecule has 3 rings (SSSR count). The lowest BCUT2D eigenvalue weighted by atomic mass is 10.1. The van der Waals surface area contributed by atoms with E-state index >= 15 is 0 Å². The SMILES string of the molecule is CC(C)(C)OC(=O)N1CCC(Oc2cncc3ccc(Br)cc23)C1. The van der Waals surface area contributed by atoms with E-state index in [4.69, 9.17) is 9.47 Å². The molecule has 24 heavy (non-hydrogen) atoms. The summed E-state index contributed by atoms with van der Waals surface area (Å²) in [7, 11) is 0. The van der Waals surface area contributed by atoms with Gasteiger partial charge in [-0.2, -0.15) is 0 Å². The van der Waals surface area contributed by atoms with Crippen LogP contribution >= 0.6 is 15.9 Å². The third kappa shape index (κ3) is 3.98. The fourth-order valence-corrected chi connectivity index (χ4v) is 3.06. The molecule has 1 fully saturated rings. The molecule has 1 aromatic carbocycles. The third-order valence-electron chi connectivity index (χ3n) is 3.78. The number of carbonyl (C=O) groups is 1. The van der Waals surface area contributed by atoms with Crippen LogP contribution in [0.25, 0.3) is 10.8 Å². The molecule has 1 unspecified atom stereocenters. The van der Waals surface area contributed by atoms with Crippen molar-refractivity contribution < 1.29 is 14.3 Å². The predicted octanol–water partition coefficient (Wildman–Crippen LogP) is 4.39. The number of likely N-dealkylation sites (tertiary alicyclic amines) is 1. The topological polar surface area (TPSA) is 51.7 Å². The van der Waals surface area contributed by atoms with Gasteiger partial charge in [0.2, 0.25) is 0 Å². The average Bonchev–Trinajstić information content (AvgIpc) is 2.95. The molecule has 1 aliphatic rings. The number of halogens is 1. The van der Waals surface area contributed by atoms with Gasteiger partial charge < -0.3 is 14.4 Å². The number of amides is 1. The van der Waals surface area contributed by atoms with Crippen LogP contribution in [0.1, 0.15) is 27.2 Å². The molecule has 5 nitrogen and oxygen atoms in total. The number of carbonyl (C=O) groups excluding carboxylic acids is 1. The van der Waals surface area contributed by atoms with E-state index in [1.165, 1.54) is 0 Å². The Morgan fingerprint density at radius 2 is 2.12 bits per heavy atom. The number of pyridine rings is 1. The maximum absolute atomic E-state index is 12.1. The predicted molar refractivity (Wildman–Crippen MR) is 96.3 cm³/mol. The minimum absolute atomic E-state index is 0.0519. The molecular weight excluding hydrogens is 372 g/mol. The summed E-state index contributed by atoms with van der Waals surface area (Å²) in [5.41, 5.74) is -0.484. The Balaban J connectivity index is 1.70. The summed E-state index contributed by atoms with van der Waals surface area (Å²) >= 11 is 3.49. The highest BCUT2D eigenvalue weighted by Crippen LogP contribution is 2.29. The van der Waals surface area contributed by atoms with Crippen LogP contribution in [0.15, 0.2) is 35.1 Å². The van der Waals surface area contributed by atoms with Crippen molar-refractivity contribution in [2.24, 2.45) is 0 Å². The molecule has 128 valence electrons. The Morgan fingerprint density at radius 1 is 1.33 bits per heavy atom. The van der Waals surface area contributed by atoms with Gasteiger partial charge in [-0.25, -0.2) is 4.79 Å². The molecule has 1 atom stereocenters. The Labute approximate surface area is 150 Å². The van der Waals surface area contributed by atoms with Crippen LogP contribution < -0.4 is 4.74 Å². The van der Waals surface area contributed by atoms with Gasteiger partial charge in [-0.3, -0.25) is 4.98 Å². The molecule has 0 saturated carbocycles. The Bertz CT molecular complexity index is 758. The Hall–Kier alpha value is -1.82. The van der Waals surface area contributed by atoms with Crippen molar-refractivity contribution >= 4 is 32.8 Å². The van der Waals surface area contributed by atoms with Gasteiger partial charge in [-0.05, 0) is 32.9 Å². The van der Waals surface area contributed by atoms with Crippen LogP contribution in [-0.2, 0) is 4.74 Å². The molecule has 1 saturated heterocycles.